The van der Waals surface area contributed by atoms with E-state index in [4.69, 9.17) is 16.3 Å². The molecule has 11 heteroatoms. The first-order valence-corrected chi connectivity index (χ1v) is 12.8. The highest BCUT2D eigenvalue weighted by Crippen LogP contribution is 2.31. The van der Waals surface area contributed by atoms with Gasteiger partial charge in [0.25, 0.3) is 11.2 Å². The molecule has 0 fully saturated rings. The molecular formula is C27H21ClN4O5S. The van der Waals surface area contributed by atoms with E-state index in [1.165, 1.54) is 28.0 Å². The quantitative estimate of drug-likeness (QED) is 0.204. The van der Waals surface area contributed by atoms with Crippen LogP contribution in [0.1, 0.15) is 31.1 Å². The topological polar surface area (TPSA) is 109 Å². The van der Waals surface area contributed by atoms with Crippen LogP contribution in [0.5, 0.6) is 0 Å². The number of carbonyl (C=O) groups is 1. The molecular weight excluding hydrogens is 528 g/mol. The summed E-state index contributed by atoms with van der Waals surface area (Å²) in [4.78, 5) is 42.4. The third-order valence-electron chi connectivity index (χ3n) is 6.10. The van der Waals surface area contributed by atoms with E-state index >= 15 is 0 Å². The number of hydrogen-bond acceptors (Lipinski definition) is 7. The maximum atomic E-state index is 13.8. The second kappa shape index (κ2) is 10.2. The van der Waals surface area contributed by atoms with Gasteiger partial charge in [0.1, 0.15) is 0 Å². The van der Waals surface area contributed by atoms with Gasteiger partial charge in [-0.05, 0) is 61.9 Å². The van der Waals surface area contributed by atoms with E-state index in [1.807, 2.05) is 22.9 Å². The summed E-state index contributed by atoms with van der Waals surface area (Å²) >= 11 is 7.32. The number of ether oxygens (including phenoxy) is 1. The number of nitro benzene ring substituents is 1. The second-order valence-electron chi connectivity index (χ2n) is 8.43. The predicted octanol–water partition coefficient (Wildman–Crippen LogP) is 4.15. The Morgan fingerprint density at radius 1 is 1.18 bits per heavy atom. The van der Waals surface area contributed by atoms with Gasteiger partial charge in [0.15, 0.2) is 4.80 Å². The molecule has 0 N–H and O–H groups in total. The second-order valence-corrected chi connectivity index (χ2v) is 9.88. The van der Waals surface area contributed by atoms with Gasteiger partial charge in [-0.15, -0.1) is 0 Å². The molecule has 0 spiro atoms. The third-order valence-corrected chi connectivity index (χ3v) is 7.34. The van der Waals surface area contributed by atoms with Crippen molar-refractivity contribution in [1.29, 1.82) is 0 Å². The molecule has 0 saturated heterocycles. The molecule has 1 aliphatic rings. The molecule has 0 radical (unpaired) electrons. The number of rotatable bonds is 6. The van der Waals surface area contributed by atoms with Gasteiger partial charge in [0.05, 0.1) is 33.4 Å². The van der Waals surface area contributed by atoms with Gasteiger partial charge in [-0.25, -0.2) is 9.79 Å². The Bertz CT molecular complexity index is 1770. The summed E-state index contributed by atoms with van der Waals surface area (Å²) in [5.41, 5.74) is 2.57. The van der Waals surface area contributed by atoms with Crippen molar-refractivity contribution < 1.29 is 14.5 Å². The molecule has 2 aromatic heterocycles. The van der Waals surface area contributed by atoms with Crippen molar-refractivity contribution in [1.82, 2.24) is 9.13 Å². The molecule has 1 unspecified atom stereocenters. The van der Waals surface area contributed by atoms with Crippen molar-refractivity contribution in [3.05, 3.63) is 124 Å². The number of fused-ring (bicyclic) bond motifs is 1. The number of nitro groups is 1. The zero-order valence-electron chi connectivity index (χ0n) is 20.3. The van der Waals surface area contributed by atoms with E-state index < -0.39 is 16.9 Å². The Hall–Kier alpha value is -4.28. The van der Waals surface area contributed by atoms with E-state index in [-0.39, 0.29) is 17.9 Å². The monoisotopic (exact) mass is 548 g/mol. The van der Waals surface area contributed by atoms with Gasteiger partial charge < -0.3 is 9.30 Å². The van der Waals surface area contributed by atoms with Crippen molar-refractivity contribution in [2.45, 2.75) is 19.9 Å². The molecule has 0 saturated carbocycles. The number of thiazole rings is 1. The minimum absolute atomic E-state index is 0.00858. The van der Waals surface area contributed by atoms with E-state index in [0.29, 0.717) is 42.6 Å². The molecule has 4 aromatic rings. The molecule has 0 amide bonds. The number of esters is 1. The minimum Gasteiger partial charge on any atom is -0.463 e. The molecule has 1 aliphatic heterocycles. The first kappa shape index (κ1) is 25.4. The molecule has 0 aliphatic carbocycles. The van der Waals surface area contributed by atoms with Gasteiger partial charge in [-0.3, -0.25) is 19.5 Å². The molecule has 3 heterocycles. The van der Waals surface area contributed by atoms with Crippen molar-refractivity contribution in [3.63, 3.8) is 0 Å². The van der Waals surface area contributed by atoms with Gasteiger partial charge in [0.2, 0.25) is 0 Å². The highest BCUT2D eigenvalue weighted by atomic mass is 35.5. The Labute approximate surface area is 225 Å². The van der Waals surface area contributed by atoms with Crippen molar-refractivity contribution >= 4 is 40.7 Å². The van der Waals surface area contributed by atoms with Gasteiger partial charge >= 0.3 is 5.97 Å². The first-order valence-electron chi connectivity index (χ1n) is 11.7. The average Bonchev–Trinajstić information content (AvgIpc) is 3.48. The smallest absolute Gasteiger partial charge is 0.338 e. The van der Waals surface area contributed by atoms with Crippen LogP contribution in [0.4, 0.5) is 5.69 Å². The third kappa shape index (κ3) is 4.59. The number of hydrogen-bond donors (Lipinski definition) is 0. The van der Waals surface area contributed by atoms with E-state index in [1.54, 1.807) is 56.3 Å². The lowest BCUT2D eigenvalue weighted by atomic mass is 9.96. The normalized spacial score (nSPS) is 15.2. The number of non-ortho nitro benzene ring substituents is 1. The van der Waals surface area contributed by atoms with Crippen molar-refractivity contribution in [2.75, 3.05) is 6.61 Å². The highest BCUT2D eigenvalue weighted by Gasteiger charge is 2.33. The molecule has 0 bridgehead atoms. The lowest BCUT2D eigenvalue weighted by Crippen LogP contribution is -2.40. The van der Waals surface area contributed by atoms with Crippen LogP contribution >= 0.6 is 22.9 Å². The maximum Gasteiger partial charge on any atom is 0.338 e. The number of nitrogens with zero attached hydrogens (tertiary/aromatic N) is 4. The van der Waals surface area contributed by atoms with Gasteiger partial charge in [-0.2, -0.15) is 0 Å². The number of benzene rings is 2. The molecule has 1 atom stereocenters. The zero-order valence-corrected chi connectivity index (χ0v) is 21.9. The number of allylic oxidation sites excluding steroid dienone is 1. The Balaban J connectivity index is 1.66. The fourth-order valence-corrected chi connectivity index (χ4v) is 5.53. The van der Waals surface area contributed by atoms with Crippen LogP contribution < -0.4 is 14.9 Å². The summed E-state index contributed by atoms with van der Waals surface area (Å²) < 4.78 is 9.07. The highest BCUT2D eigenvalue weighted by molar-refractivity contribution is 7.07. The van der Waals surface area contributed by atoms with Crippen LogP contribution in [0, 0.1) is 10.1 Å². The number of aromatic nitrogens is 2. The number of carbonyl (C=O) groups excluding carboxylic acids is 1. The summed E-state index contributed by atoms with van der Waals surface area (Å²) in [6.07, 6.45) is 3.55. The summed E-state index contributed by atoms with van der Waals surface area (Å²) in [5, 5.41) is 11.6. The van der Waals surface area contributed by atoms with Crippen molar-refractivity contribution in [3.8, 4) is 5.69 Å². The zero-order chi connectivity index (χ0) is 27.0. The van der Waals surface area contributed by atoms with Crippen LogP contribution in [0.2, 0.25) is 5.02 Å². The summed E-state index contributed by atoms with van der Waals surface area (Å²) in [5.74, 6) is -0.532. The standard InChI is InChI=1S/C27H21ClN4O5S/c1-3-37-26(34)23-16(2)29-27-31(24(23)17-6-8-18(28)9-7-17)25(33)22(38-27)15-21-5-4-14-30(21)19-10-12-20(13-11-19)32(35)36/h4-15,24H,3H2,1-2H3/b22-15+. The van der Waals surface area contributed by atoms with Crippen LogP contribution in [-0.4, -0.2) is 26.6 Å². The average molecular weight is 549 g/mol. The largest absolute Gasteiger partial charge is 0.463 e. The van der Waals surface area contributed by atoms with Crippen LogP contribution in [0.3, 0.4) is 0 Å². The van der Waals surface area contributed by atoms with Crippen LogP contribution in [-0.2, 0) is 9.53 Å². The fourth-order valence-electron chi connectivity index (χ4n) is 4.37. The SMILES string of the molecule is CCOC(=O)C1=C(C)N=c2s/c(=C/c3cccn3-c3ccc([N+](=O)[O-])cc3)c(=O)n2C1c1ccc(Cl)cc1. The van der Waals surface area contributed by atoms with Gasteiger partial charge in [-0.1, -0.05) is 35.1 Å². The van der Waals surface area contributed by atoms with Crippen LogP contribution in [0.15, 0.2) is 87.9 Å². The van der Waals surface area contributed by atoms with E-state index in [0.717, 1.165) is 0 Å². The maximum absolute atomic E-state index is 13.8. The van der Waals surface area contributed by atoms with E-state index in [9.17, 15) is 19.7 Å². The molecule has 9 nitrogen and oxygen atoms in total. The Kier molecular flexibility index (Phi) is 6.83. The van der Waals surface area contributed by atoms with E-state index in [2.05, 4.69) is 4.99 Å². The minimum atomic E-state index is -0.730. The van der Waals surface area contributed by atoms with Crippen LogP contribution in [0.25, 0.3) is 11.8 Å². The molecule has 2 aromatic carbocycles. The van der Waals surface area contributed by atoms with Gasteiger partial charge in [0, 0.05) is 34.7 Å². The first-order chi connectivity index (χ1) is 18.3. The number of halogens is 1. The van der Waals surface area contributed by atoms with Crippen molar-refractivity contribution in [2.24, 2.45) is 4.99 Å². The lowest BCUT2D eigenvalue weighted by Gasteiger charge is -2.24. The lowest BCUT2D eigenvalue weighted by molar-refractivity contribution is -0.384. The fraction of sp³-hybridized carbons (Fsp3) is 0.148. The summed E-state index contributed by atoms with van der Waals surface area (Å²) in [6.45, 7) is 3.64. The Morgan fingerprint density at radius 3 is 2.55 bits per heavy atom. The summed E-state index contributed by atoms with van der Waals surface area (Å²) in [7, 11) is 0. The predicted molar refractivity (Wildman–Crippen MR) is 144 cm³/mol. The Morgan fingerprint density at radius 2 is 1.89 bits per heavy atom. The molecule has 192 valence electrons. The summed E-state index contributed by atoms with van der Waals surface area (Å²) in [6, 6.07) is 16.1. The molecule has 38 heavy (non-hydrogen) atoms. The molecule has 5 rings (SSSR count).